The van der Waals surface area contributed by atoms with E-state index < -0.39 is 0 Å². The maximum absolute atomic E-state index is 8.97. The molecule has 0 spiro atoms. The summed E-state index contributed by atoms with van der Waals surface area (Å²) in [4.78, 5) is 2.78. The number of aliphatic hydroxyl groups excluding tert-OH is 1. The molecule has 13 heavy (non-hydrogen) atoms. The second kappa shape index (κ2) is 3.81. The van der Waals surface area contributed by atoms with E-state index in [0.717, 1.165) is 6.42 Å². The first-order valence-electron chi connectivity index (χ1n) is 4.66. The van der Waals surface area contributed by atoms with Crippen LogP contribution in [0.15, 0.2) is 6.07 Å². The van der Waals surface area contributed by atoms with Crippen LogP contribution in [0.5, 0.6) is 0 Å². The van der Waals surface area contributed by atoms with Gasteiger partial charge in [-0.3, -0.25) is 0 Å². The molecule has 74 valence electrons. The zero-order chi connectivity index (χ0) is 10.1. The van der Waals surface area contributed by atoms with Gasteiger partial charge in [-0.1, -0.05) is 13.8 Å². The monoisotopic (exact) mass is 198 g/mol. The van der Waals surface area contributed by atoms with Crippen LogP contribution in [0.1, 0.15) is 35.6 Å². The lowest BCUT2D eigenvalue weighted by molar-refractivity contribution is 0.253. The van der Waals surface area contributed by atoms with Crippen molar-refractivity contribution in [3.8, 4) is 0 Å². The average molecular weight is 198 g/mol. The van der Waals surface area contributed by atoms with E-state index in [4.69, 9.17) is 5.11 Å². The SMILES string of the molecule is Cc1cc(C)c(C(C)(C)CCO)s1. The van der Waals surface area contributed by atoms with Crippen molar-refractivity contribution < 1.29 is 5.11 Å². The number of rotatable bonds is 3. The Balaban J connectivity index is 2.98. The first-order chi connectivity index (χ1) is 5.97. The molecule has 1 aromatic heterocycles. The van der Waals surface area contributed by atoms with Gasteiger partial charge in [0.25, 0.3) is 0 Å². The van der Waals surface area contributed by atoms with Crippen molar-refractivity contribution in [2.45, 2.75) is 39.5 Å². The molecule has 0 aliphatic rings. The van der Waals surface area contributed by atoms with E-state index in [9.17, 15) is 0 Å². The van der Waals surface area contributed by atoms with Gasteiger partial charge in [0, 0.05) is 21.8 Å². The van der Waals surface area contributed by atoms with Crippen LogP contribution in [0.2, 0.25) is 0 Å². The average Bonchev–Trinajstić information content (AvgIpc) is 2.30. The van der Waals surface area contributed by atoms with Gasteiger partial charge in [-0.05, 0) is 31.9 Å². The molecule has 2 heteroatoms. The van der Waals surface area contributed by atoms with E-state index in [2.05, 4.69) is 33.8 Å². The molecule has 0 aromatic carbocycles. The molecule has 1 aromatic rings. The Labute approximate surface area is 84.4 Å². The minimum atomic E-state index is 0.123. The Hall–Kier alpha value is -0.340. The number of hydrogen-bond donors (Lipinski definition) is 1. The summed E-state index contributed by atoms with van der Waals surface area (Å²) in [5.41, 5.74) is 1.48. The zero-order valence-electron chi connectivity index (χ0n) is 8.85. The largest absolute Gasteiger partial charge is 0.396 e. The third-order valence-electron chi connectivity index (χ3n) is 2.39. The Kier molecular flexibility index (Phi) is 3.14. The molecule has 0 radical (unpaired) electrons. The smallest absolute Gasteiger partial charge is 0.0439 e. The van der Waals surface area contributed by atoms with Gasteiger partial charge in [-0.15, -0.1) is 11.3 Å². The molecular weight excluding hydrogens is 180 g/mol. The third-order valence-corrected chi connectivity index (χ3v) is 3.91. The molecule has 0 atom stereocenters. The van der Waals surface area contributed by atoms with Gasteiger partial charge in [0.05, 0.1) is 0 Å². The first kappa shape index (κ1) is 10.7. The quantitative estimate of drug-likeness (QED) is 0.791. The van der Waals surface area contributed by atoms with Gasteiger partial charge in [0.15, 0.2) is 0 Å². The molecule has 1 N–H and O–H groups in total. The van der Waals surface area contributed by atoms with Crippen molar-refractivity contribution >= 4 is 11.3 Å². The van der Waals surface area contributed by atoms with E-state index in [1.54, 1.807) is 0 Å². The predicted molar refractivity (Wildman–Crippen MR) is 58.5 cm³/mol. The molecule has 0 aliphatic heterocycles. The summed E-state index contributed by atoms with van der Waals surface area (Å²) in [6, 6.07) is 2.22. The van der Waals surface area contributed by atoms with Crippen molar-refractivity contribution in [2.24, 2.45) is 0 Å². The van der Waals surface area contributed by atoms with Crippen molar-refractivity contribution in [2.75, 3.05) is 6.61 Å². The zero-order valence-corrected chi connectivity index (χ0v) is 9.66. The molecule has 0 aliphatic carbocycles. The predicted octanol–water partition coefficient (Wildman–Crippen LogP) is 3.02. The van der Waals surface area contributed by atoms with Gasteiger partial charge in [0.1, 0.15) is 0 Å². The third kappa shape index (κ3) is 2.32. The minimum absolute atomic E-state index is 0.123. The van der Waals surface area contributed by atoms with Crippen molar-refractivity contribution in [3.63, 3.8) is 0 Å². The highest BCUT2D eigenvalue weighted by atomic mass is 32.1. The summed E-state index contributed by atoms with van der Waals surface area (Å²) < 4.78 is 0. The van der Waals surface area contributed by atoms with E-state index in [1.165, 1.54) is 15.3 Å². The van der Waals surface area contributed by atoms with E-state index in [0.29, 0.717) is 0 Å². The van der Waals surface area contributed by atoms with Crippen LogP contribution >= 0.6 is 11.3 Å². The first-order valence-corrected chi connectivity index (χ1v) is 5.47. The second-order valence-corrected chi connectivity index (χ2v) is 5.48. The van der Waals surface area contributed by atoms with Gasteiger partial charge in [-0.2, -0.15) is 0 Å². The molecule has 1 nitrogen and oxygen atoms in total. The van der Waals surface area contributed by atoms with Crippen LogP contribution in [0.3, 0.4) is 0 Å². The van der Waals surface area contributed by atoms with Crippen molar-refractivity contribution in [1.29, 1.82) is 0 Å². The minimum Gasteiger partial charge on any atom is -0.396 e. The normalized spacial score (nSPS) is 12.1. The van der Waals surface area contributed by atoms with Gasteiger partial charge >= 0.3 is 0 Å². The lowest BCUT2D eigenvalue weighted by Crippen LogP contribution is -2.18. The van der Waals surface area contributed by atoms with E-state index in [-0.39, 0.29) is 12.0 Å². The standard InChI is InChI=1S/C11H18OS/c1-8-7-9(2)13-10(8)11(3,4)5-6-12/h7,12H,5-6H2,1-4H3. The molecule has 1 heterocycles. The van der Waals surface area contributed by atoms with Crippen LogP contribution in [0.25, 0.3) is 0 Å². The Morgan fingerprint density at radius 2 is 2.00 bits per heavy atom. The summed E-state index contributed by atoms with van der Waals surface area (Å²) in [5.74, 6) is 0. The number of thiophene rings is 1. The molecule has 0 unspecified atom stereocenters. The highest BCUT2D eigenvalue weighted by molar-refractivity contribution is 7.12. The maximum atomic E-state index is 8.97. The van der Waals surface area contributed by atoms with Gasteiger partial charge in [-0.25, -0.2) is 0 Å². The van der Waals surface area contributed by atoms with Crippen LogP contribution in [-0.2, 0) is 5.41 Å². The van der Waals surface area contributed by atoms with Crippen LogP contribution in [-0.4, -0.2) is 11.7 Å². The van der Waals surface area contributed by atoms with Crippen LogP contribution < -0.4 is 0 Å². The highest BCUT2D eigenvalue weighted by Gasteiger charge is 2.23. The topological polar surface area (TPSA) is 20.2 Å². The van der Waals surface area contributed by atoms with E-state index >= 15 is 0 Å². The summed E-state index contributed by atoms with van der Waals surface area (Å²) >= 11 is 1.85. The van der Waals surface area contributed by atoms with Gasteiger partial charge in [0.2, 0.25) is 0 Å². The second-order valence-electron chi connectivity index (χ2n) is 4.23. The van der Waals surface area contributed by atoms with Crippen LogP contribution in [0, 0.1) is 13.8 Å². The molecule has 0 saturated carbocycles. The number of aryl methyl sites for hydroxylation is 2. The number of aliphatic hydroxyl groups is 1. The van der Waals surface area contributed by atoms with E-state index in [1.807, 2.05) is 11.3 Å². The summed E-state index contributed by atoms with van der Waals surface area (Å²) in [5, 5.41) is 8.97. The summed E-state index contributed by atoms with van der Waals surface area (Å²) in [7, 11) is 0. The molecule has 1 rings (SSSR count). The fourth-order valence-electron chi connectivity index (χ4n) is 1.71. The fraction of sp³-hybridized carbons (Fsp3) is 0.636. The van der Waals surface area contributed by atoms with Gasteiger partial charge < -0.3 is 5.11 Å². The molecule has 0 fully saturated rings. The Bertz CT molecular complexity index is 286. The van der Waals surface area contributed by atoms with Crippen molar-refractivity contribution in [3.05, 3.63) is 21.4 Å². The van der Waals surface area contributed by atoms with Crippen molar-refractivity contribution in [1.82, 2.24) is 0 Å². The maximum Gasteiger partial charge on any atom is 0.0439 e. The Morgan fingerprint density at radius 3 is 2.38 bits per heavy atom. The summed E-state index contributed by atoms with van der Waals surface area (Å²) in [6.45, 7) is 8.94. The molecule has 0 bridgehead atoms. The molecule has 0 amide bonds. The lowest BCUT2D eigenvalue weighted by Gasteiger charge is -2.23. The van der Waals surface area contributed by atoms with Crippen LogP contribution in [0.4, 0.5) is 0 Å². The fourth-order valence-corrected chi connectivity index (χ4v) is 2.86. The molecule has 0 saturated heterocycles. The number of hydrogen-bond acceptors (Lipinski definition) is 2. The lowest BCUT2D eigenvalue weighted by atomic mass is 9.86. The highest BCUT2D eigenvalue weighted by Crippen LogP contribution is 2.35. The molecular formula is C11H18OS. The Morgan fingerprint density at radius 1 is 1.38 bits per heavy atom. The summed E-state index contributed by atoms with van der Waals surface area (Å²) in [6.07, 6.45) is 0.841.